The molecule has 0 aliphatic rings. The Kier molecular flexibility index (Phi) is 17.6. The number of hydrogen-bond acceptors (Lipinski definition) is 4. The van der Waals surface area contributed by atoms with Crippen molar-refractivity contribution in [1.29, 1.82) is 0 Å². The molecule has 4 N–H and O–H groups in total. The smallest absolute Gasteiger partial charge is 0.481 e. The summed E-state index contributed by atoms with van der Waals surface area (Å²) >= 11 is 0. The Morgan fingerprint density at radius 3 is 2.07 bits per heavy atom. The SMILES string of the molecule is C=C[C-]=O.N[C@@H](CCC(=O)O)C(=O)O.[Na+]. The molecule has 0 rings (SSSR count). The maximum atomic E-state index is 9.99. The molecule has 0 saturated carbocycles. The first-order chi connectivity index (χ1) is 6.45. The summed E-state index contributed by atoms with van der Waals surface area (Å²) in [6.45, 7) is 3.06. The number of hydrogen-bond donors (Lipinski definition) is 3. The zero-order valence-corrected chi connectivity index (χ0v) is 10.5. The number of aliphatic carboxylic acids is 2. The van der Waals surface area contributed by atoms with Crippen molar-refractivity contribution in [3.63, 3.8) is 0 Å². The van der Waals surface area contributed by atoms with Crippen LogP contribution in [0.2, 0.25) is 0 Å². The third-order valence-electron chi connectivity index (χ3n) is 1.07. The van der Waals surface area contributed by atoms with Gasteiger partial charge in [-0.1, -0.05) is 0 Å². The van der Waals surface area contributed by atoms with E-state index in [1.807, 2.05) is 0 Å². The number of carbonyl (C=O) groups excluding carboxylic acids is 1. The van der Waals surface area contributed by atoms with E-state index in [1.165, 1.54) is 6.29 Å². The van der Waals surface area contributed by atoms with E-state index in [-0.39, 0.29) is 42.4 Å². The molecule has 6 nitrogen and oxygen atoms in total. The molecular formula is C8H12NNaO5. The first-order valence-electron chi connectivity index (χ1n) is 3.64. The molecule has 0 aromatic heterocycles. The Morgan fingerprint density at radius 1 is 1.47 bits per heavy atom. The zero-order chi connectivity index (χ0) is 11.6. The van der Waals surface area contributed by atoms with Crippen LogP contribution in [0.25, 0.3) is 0 Å². The zero-order valence-electron chi connectivity index (χ0n) is 8.47. The number of carbonyl (C=O) groups is 2. The molecule has 0 aliphatic carbocycles. The van der Waals surface area contributed by atoms with Gasteiger partial charge in [0, 0.05) is 6.42 Å². The molecule has 0 aromatic rings. The molecule has 0 amide bonds. The minimum absolute atomic E-state index is 0. The largest absolute Gasteiger partial charge is 1.00 e. The third kappa shape index (κ3) is 19.6. The van der Waals surface area contributed by atoms with E-state index in [9.17, 15) is 9.59 Å². The van der Waals surface area contributed by atoms with Crippen LogP contribution < -0.4 is 35.3 Å². The predicted molar refractivity (Wildman–Crippen MR) is 48.4 cm³/mol. The second kappa shape index (κ2) is 13.3. The van der Waals surface area contributed by atoms with Gasteiger partial charge in [0.1, 0.15) is 6.04 Å². The number of rotatable bonds is 5. The standard InChI is InChI=1S/C5H9NO4.C3H3O.Na/c6-3(5(9)10)1-2-4(7)8;1-2-3-4;/h3H,1-2,6H2,(H,7,8)(H,9,10);2H,1H2;/q;-1;+1/t3-;;/m0../s1. The fourth-order valence-corrected chi connectivity index (χ4v) is 0.402. The van der Waals surface area contributed by atoms with Gasteiger partial charge in [-0.25, -0.2) is 12.7 Å². The fourth-order valence-electron chi connectivity index (χ4n) is 0.402. The van der Waals surface area contributed by atoms with Crippen molar-refractivity contribution in [1.82, 2.24) is 0 Å². The first kappa shape index (κ1) is 19.8. The Hall–Kier alpha value is -0.690. The Morgan fingerprint density at radius 2 is 1.87 bits per heavy atom. The quantitative estimate of drug-likeness (QED) is 0.254. The Labute approximate surface area is 109 Å². The van der Waals surface area contributed by atoms with Crippen LogP contribution in [0.4, 0.5) is 0 Å². The van der Waals surface area contributed by atoms with E-state index in [0.29, 0.717) is 0 Å². The van der Waals surface area contributed by atoms with Crippen LogP contribution >= 0.6 is 0 Å². The minimum Gasteiger partial charge on any atom is -0.481 e. The van der Waals surface area contributed by atoms with Gasteiger partial charge in [-0.15, -0.1) is 0 Å². The molecule has 0 radical (unpaired) electrons. The van der Waals surface area contributed by atoms with E-state index < -0.39 is 18.0 Å². The third-order valence-corrected chi connectivity index (χ3v) is 1.07. The number of allylic oxidation sites excluding steroid dienone is 1. The van der Waals surface area contributed by atoms with Crippen molar-refractivity contribution < 1.29 is 54.2 Å². The van der Waals surface area contributed by atoms with Crippen LogP contribution in [-0.4, -0.2) is 34.5 Å². The molecule has 0 fully saturated rings. The maximum Gasteiger partial charge on any atom is 1.00 e. The second-order valence-corrected chi connectivity index (χ2v) is 2.20. The van der Waals surface area contributed by atoms with Gasteiger partial charge in [0.15, 0.2) is 0 Å². The monoisotopic (exact) mass is 225 g/mol. The number of carboxylic acids is 2. The van der Waals surface area contributed by atoms with Crippen LogP contribution in [0, 0.1) is 0 Å². The molecule has 0 saturated heterocycles. The first-order valence-corrected chi connectivity index (χ1v) is 3.64. The van der Waals surface area contributed by atoms with Crippen molar-refractivity contribution in [2.45, 2.75) is 18.9 Å². The van der Waals surface area contributed by atoms with Gasteiger partial charge in [0.25, 0.3) is 0 Å². The summed E-state index contributed by atoms with van der Waals surface area (Å²) < 4.78 is 0. The summed E-state index contributed by atoms with van der Waals surface area (Å²) in [7, 11) is 0. The van der Waals surface area contributed by atoms with Crippen molar-refractivity contribution in [3.8, 4) is 0 Å². The molecular weight excluding hydrogens is 213 g/mol. The van der Waals surface area contributed by atoms with Gasteiger partial charge < -0.3 is 20.7 Å². The average molecular weight is 225 g/mol. The minimum atomic E-state index is -1.17. The summed E-state index contributed by atoms with van der Waals surface area (Å²) in [5.74, 6) is -2.20. The van der Waals surface area contributed by atoms with Gasteiger partial charge in [-0.2, -0.15) is 0 Å². The topological polar surface area (TPSA) is 118 Å². The van der Waals surface area contributed by atoms with Gasteiger partial charge in [-0.3, -0.25) is 9.59 Å². The van der Waals surface area contributed by atoms with Gasteiger partial charge in [0.2, 0.25) is 0 Å². The Bertz CT molecular complexity index is 213. The van der Waals surface area contributed by atoms with Crippen LogP contribution in [0.5, 0.6) is 0 Å². The van der Waals surface area contributed by atoms with E-state index in [1.54, 1.807) is 0 Å². The van der Waals surface area contributed by atoms with Gasteiger partial charge >= 0.3 is 41.5 Å². The molecule has 0 aliphatic heterocycles. The summed E-state index contributed by atoms with van der Waals surface area (Å²) in [6, 6.07) is -1.06. The summed E-state index contributed by atoms with van der Waals surface area (Å²) in [4.78, 5) is 28.8. The van der Waals surface area contributed by atoms with Crippen LogP contribution in [0.15, 0.2) is 12.7 Å². The molecule has 0 heterocycles. The van der Waals surface area contributed by atoms with Crippen LogP contribution in [0.1, 0.15) is 12.8 Å². The average Bonchev–Trinajstić information content (AvgIpc) is 2.14. The predicted octanol–water partition coefficient (Wildman–Crippen LogP) is -3.45. The summed E-state index contributed by atoms with van der Waals surface area (Å²) in [5.41, 5.74) is 5.00. The second-order valence-electron chi connectivity index (χ2n) is 2.20. The van der Waals surface area contributed by atoms with E-state index in [2.05, 4.69) is 6.58 Å². The molecule has 0 spiro atoms. The van der Waals surface area contributed by atoms with Gasteiger partial charge in [0.05, 0.1) is 0 Å². The molecule has 80 valence electrons. The van der Waals surface area contributed by atoms with Crippen molar-refractivity contribution in [2.24, 2.45) is 5.73 Å². The van der Waals surface area contributed by atoms with Crippen molar-refractivity contribution >= 4 is 18.2 Å². The molecule has 0 unspecified atom stereocenters. The fraction of sp³-hybridized carbons (Fsp3) is 0.375. The van der Waals surface area contributed by atoms with E-state index >= 15 is 0 Å². The number of carboxylic acid groups (broad SMARTS) is 2. The number of nitrogens with two attached hydrogens (primary N) is 1. The van der Waals surface area contributed by atoms with E-state index in [4.69, 9.17) is 20.7 Å². The normalized spacial score (nSPS) is 9.67. The molecule has 7 heteroatoms. The molecule has 15 heavy (non-hydrogen) atoms. The Balaban J connectivity index is -0.000000249. The molecule has 1 atom stereocenters. The summed E-state index contributed by atoms with van der Waals surface area (Å²) in [5, 5.41) is 16.3. The van der Waals surface area contributed by atoms with E-state index in [0.717, 1.165) is 6.08 Å². The molecule has 0 aromatic carbocycles. The van der Waals surface area contributed by atoms with Crippen molar-refractivity contribution in [3.05, 3.63) is 12.7 Å². The van der Waals surface area contributed by atoms with Crippen LogP contribution in [0.3, 0.4) is 0 Å². The maximum absolute atomic E-state index is 9.99. The van der Waals surface area contributed by atoms with Crippen LogP contribution in [-0.2, 0) is 14.4 Å². The molecule has 0 bridgehead atoms. The van der Waals surface area contributed by atoms with Crippen molar-refractivity contribution in [2.75, 3.05) is 0 Å². The van der Waals surface area contributed by atoms with Gasteiger partial charge in [-0.05, 0) is 12.7 Å². The summed E-state index contributed by atoms with van der Waals surface area (Å²) in [6.07, 6.45) is 2.29.